The standard InChI is InChI=1S/C19H24N2O4/c1-11(2)20-17(22)12-6-8-13(9-7-12)18(23)21-10-14-4-3-5-15(14)16(21)19(24)25/h6-9,11,14-16H,3-5,10H2,1-2H3,(H,20,22)(H,24,25). The molecule has 0 bridgehead atoms. The fraction of sp³-hybridized carbons (Fsp3) is 0.526. The van der Waals surface area contributed by atoms with Crippen LogP contribution in [0.3, 0.4) is 0 Å². The van der Waals surface area contributed by atoms with Crippen molar-refractivity contribution >= 4 is 17.8 Å². The van der Waals surface area contributed by atoms with Crippen LogP contribution in [0.15, 0.2) is 24.3 Å². The van der Waals surface area contributed by atoms with Crippen LogP contribution in [-0.4, -0.2) is 46.4 Å². The molecule has 25 heavy (non-hydrogen) atoms. The maximum absolute atomic E-state index is 12.8. The Hall–Kier alpha value is -2.37. The molecule has 0 spiro atoms. The number of aliphatic carboxylic acids is 1. The van der Waals surface area contributed by atoms with E-state index in [-0.39, 0.29) is 23.8 Å². The maximum atomic E-state index is 12.8. The summed E-state index contributed by atoms with van der Waals surface area (Å²) in [6.45, 7) is 4.27. The Kier molecular flexibility index (Phi) is 4.79. The molecule has 134 valence electrons. The largest absolute Gasteiger partial charge is 0.480 e. The molecule has 3 atom stereocenters. The topological polar surface area (TPSA) is 86.7 Å². The lowest BCUT2D eigenvalue weighted by molar-refractivity contribution is -0.142. The summed E-state index contributed by atoms with van der Waals surface area (Å²) in [5.41, 5.74) is 0.908. The zero-order chi connectivity index (χ0) is 18.1. The van der Waals surface area contributed by atoms with E-state index in [0.29, 0.717) is 23.6 Å². The van der Waals surface area contributed by atoms with E-state index in [9.17, 15) is 19.5 Å². The van der Waals surface area contributed by atoms with E-state index >= 15 is 0 Å². The number of carbonyl (C=O) groups is 3. The first kappa shape index (κ1) is 17.5. The van der Waals surface area contributed by atoms with Crippen molar-refractivity contribution in [2.75, 3.05) is 6.54 Å². The van der Waals surface area contributed by atoms with Gasteiger partial charge in [-0.1, -0.05) is 6.42 Å². The number of carbonyl (C=O) groups excluding carboxylic acids is 2. The summed E-state index contributed by atoms with van der Waals surface area (Å²) in [6.07, 6.45) is 2.91. The van der Waals surface area contributed by atoms with Crippen LogP contribution in [0, 0.1) is 11.8 Å². The molecule has 1 aliphatic carbocycles. The molecule has 2 aliphatic rings. The molecule has 1 saturated heterocycles. The van der Waals surface area contributed by atoms with Gasteiger partial charge < -0.3 is 15.3 Å². The summed E-state index contributed by atoms with van der Waals surface area (Å²) in [5.74, 6) is -1.01. The van der Waals surface area contributed by atoms with Gasteiger partial charge in [0, 0.05) is 23.7 Å². The number of rotatable bonds is 4. The molecule has 1 aliphatic heterocycles. The van der Waals surface area contributed by atoms with Crippen LogP contribution in [0.25, 0.3) is 0 Å². The molecule has 3 unspecified atom stereocenters. The minimum Gasteiger partial charge on any atom is -0.480 e. The number of hydrogen-bond acceptors (Lipinski definition) is 3. The minimum atomic E-state index is -0.921. The number of amides is 2. The molecule has 2 fully saturated rings. The zero-order valence-corrected chi connectivity index (χ0v) is 14.6. The minimum absolute atomic E-state index is 0.0362. The van der Waals surface area contributed by atoms with E-state index in [1.807, 2.05) is 13.8 Å². The molecule has 6 nitrogen and oxygen atoms in total. The van der Waals surface area contributed by atoms with Gasteiger partial charge in [0.1, 0.15) is 6.04 Å². The summed E-state index contributed by atoms with van der Waals surface area (Å²) in [5, 5.41) is 12.4. The Balaban J connectivity index is 1.76. The van der Waals surface area contributed by atoms with E-state index in [0.717, 1.165) is 19.3 Å². The zero-order valence-electron chi connectivity index (χ0n) is 14.6. The first-order valence-corrected chi connectivity index (χ1v) is 8.83. The highest BCUT2D eigenvalue weighted by Gasteiger charge is 2.49. The van der Waals surface area contributed by atoms with Crippen LogP contribution < -0.4 is 5.32 Å². The summed E-state index contributed by atoms with van der Waals surface area (Å²) in [7, 11) is 0. The third kappa shape index (κ3) is 3.38. The lowest BCUT2D eigenvalue weighted by atomic mass is 9.94. The maximum Gasteiger partial charge on any atom is 0.326 e. The van der Waals surface area contributed by atoms with Crippen molar-refractivity contribution in [3.05, 3.63) is 35.4 Å². The van der Waals surface area contributed by atoms with E-state index in [1.165, 1.54) is 4.90 Å². The highest BCUT2D eigenvalue weighted by atomic mass is 16.4. The first-order valence-electron chi connectivity index (χ1n) is 8.83. The molecule has 2 amide bonds. The van der Waals surface area contributed by atoms with Crippen LogP contribution >= 0.6 is 0 Å². The SMILES string of the molecule is CC(C)NC(=O)c1ccc(C(=O)N2CC3CCCC3C2C(=O)O)cc1. The van der Waals surface area contributed by atoms with Gasteiger partial charge >= 0.3 is 5.97 Å². The molecular weight excluding hydrogens is 320 g/mol. The molecule has 1 heterocycles. The Bertz CT molecular complexity index is 683. The Labute approximate surface area is 147 Å². The quantitative estimate of drug-likeness (QED) is 0.876. The molecule has 1 saturated carbocycles. The summed E-state index contributed by atoms with van der Waals surface area (Å²) < 4.78 is 0. The molecule has 0 radical (unpaired) electrons. The molecule has 1 aromatic carbocycles. The highest BCUT2D eigenvalue weighted by molar-refractivity contribution is 5.99. The fourth-order valence-electron chi connectivity index (χ4n) is 4.11. The smallest absolute Gasteiger partial charge is 0.326 e. The number of likely N-dealkylation sites (tertiary alicyclic amines) is 1. The van der Waals surface area contributed by atoms with E-state index < -0.39 is 12.0 Å². The van der Waals surface area contributed by atoms with Gasteiger partial charge in [-0.25, -0.2) is 4.79 Å². The lowest BCUT2D eigenvalue weighted by Gasteiger charge is -2.24. The van der Waals surface area contributed by atoms with Gasteiger partial charge in [0.2, 0.25) is 0 Å². The number of nitrogens with zero attached hydrogens (tertiary/aromatic N) is 1. The number of hydrogen-bond donors (Lipinski definition) is 2. The number of fused-ring (bicyclic) bond motifs is 1. The normalized spacial score (nSPS) is 25.1. The molecule has 2 N–H and O–H groups in total. The Morgan fingerprint density at radius 2 is 1.76 bits per heavy atom. The summed E-state index contributed by atoms with van der Waals surface area (Å²) in [6, 6.07) is 5.72. The second-order valence-corrected chi connectivity index (χ2v) is 7.30. The molecule has 0 aromatic heterocycles. The highest BCUT2D eigenvalue weighted by Crippen LogP contribution is 2.42. The van der Waals surface area contributed by atoms with Crippen molar-refractivity contribution in [2.24, 2.45) is 11.8 Å². The van der Waals surface area contributed by atoms with Crippen LogP contribution in [0.1, 0.15) is 53.8 Å². The third-order valence-corrected chi connectivity index (χ3v) is 5.22. The molecule has 6 heteroatoms. The van der Waals surface area contributed by atoms with Gasteiger partial charge in [-0.05, 0) is 62.8 Å². The summed E-state index contributed by atoms with van der Waals surface area (Å²) in [4.78, 5) is 38.0. The van der Waals surface area contributed by atoms with Gasteiger partial charge in [-0.15, -0.1) is 0 Å². The van der Waals surface area contributed by atoms with Crippen molar-refractivity contribution in [2.45, 2.75) is 45.2 Å². The predicted octanol–water partition coefficient (Wildman–Crippen LogP) is 2.15. The average Bonchev–Trinajstić information content (AvgIpc) is 3.13. The van der Waals surface area contributed by atoms with Gasteiger partial charge in [0.25, 0.3) is 11.8 Å². The van der Waals surface area contributed by atoms with Crippen molar-refractivity contribution in [3.8, 4) is 0 Å². The number of benzene rings is 1. The summed E-state index contributed by atoms with van der Waals surface area (Å²) >= 11 is 0. The van der Waals surface area contributed by atoms with Crippen LogP contribution in [-0.2, 0) is 4.79 Å². The molecule has 1 aromatic rings. The van der Waals surface area contributed by atoms with E-state index in [1.54, 1.807) is 24.3 Å². The van der Waals surface area contributed by atoms with Crippen LogP contribution in [0.5, 0.6) is 0 Å². The Morgan fingerprint density at radius 1 is 1.12 bits per heavy atom. The molecular formula is C19H24N2O4. The van der Waals surface area contributed by atoms with Crippen LogP contribution in [0.2, 0.25) is 0 Å². The van der Waals surface area contributed by atoms with Gasteiger partial charge in [0.05, 0.1) is 0 Å². The molecule has 3 rings (SSSR count). The fourth-order valence-corrected chi connectivity index (χ4v) is 4.11. The van der Waals surface area contributed by atoms with Crippen molar-refractivity contribution in [1.29, 1.82) is 0 Å². The predicted molar refractivity (Wildman–Crippen MR) is 92.3 cm³/mol. The third-order valence-electron chi connectivity index (χ3n) is 5.22. The van der Waals surface area contributed by atoms with E-state index in [4.69, 9.17) is 0 Å². The average molecular weight is 344 g/mol. The number of carboxylic acid groups (broad SMARTS) is 1. The van der Waals surface area contributed by atoms with E-state index in [2.05, 4.69) is 5.32 Å². The number of nitrogens with one attached hydrogen (secondary N) is 1. The van der Waals surface area contributed by atoms with Gasteiger partial charge in [-0.2, -0.15) is 0 Å². The van der Waals surface area contributed by atoms with Crippen molar-refractivity contribution in [3.63, 3.8) is 0 Å². The van der Waals surface area contributed by atoms with Gasteiger partial charge in [-0.3, -0.25) is 9.59 Å². The first-order chi connectivity index (χ1) is 11.9. The Morgan fingerprint density at radius 3 is 2.36 bits per heavy atom. The second-order valence-electron chi connectivity index (χ2n) is 7.30. The van der Waals surface area contributed by atoms with Crippen molar-refractivity contribution < 1.29 is 19.5 Å². The number of carboxylic acids is 1. The van der Waals surface area contributed by atoms with Crippen LogP contribution in [0.4, 0.5) is 0 Å². The van der Waals surface area contributed by atoms with Crippen molar-refractivity contribution in [1.82, 2.24) is 10.2 Å². The lowest BCUT2D eigenvalue weighted by Crippen LogP contribution is -2.43. The second kappa shape index (κ2) is 6.86. The monoisotopic (exact) mass is 344 g/mol. The van der Waals surface area contributed by atoms with Gasteiger partial charge in [0.15, 0.2) is 0 Å².